The van der Waals surface area contributed by atoms with E-state index in [9.17, 15) is 13.2 Å². The van der Waals surface area contributed by atoms with Crippen LogP contribution in [0, 0.1) is 0 Å². The number of hydrogen-bond donors (Lipinski definition) is 3. The summed E-state index contributed by atoms with van der Waals surface area (Å²) in [7, 11) is -2.28. The van der Waals surface area contributed by atoms with E-state index in [1.807, 2.05) is 24.3 Å². The molecule has 0 atom stereocenters. The molecule has 0 aliphatic rings. The fraction of sp³-hybridized carbons (Fsp3) is 0.0526. The molecule has 0 fully saturated rings. The van der Waals surface area contributed by atoms with Gasteiger partial charge in [0.1, 0.15) is 5.75 Å². The third-order valence-corrected chi connectivity index (χ3v) is 5.11. The Hall–Kier alpha value is -3.01. The molecule has 4 N–H and O–H groups in total. The van der Waals surface area contributed by atoms with E-state index >= 15 is 0 Å². The number of benzene rings is 3. The third-order valence-electron chi connectivity index (χ3n) is 3.98. The SMILES string of the molecule is COc1cc2ccccc2cc1C(=O)NC(=S)Nc1ccc(S(N)(=O)=O)cc1. The molecule has 0 aliphatic heterocycles. The molecule has 3 aromatic carbocycles. The lowest BCUT2D eigenvalue weighted by molar-refractivity contribution is 0.0975. The Morgan fingerprint density at radius 2 is 1.64 bits per heavy atom. The average Bonchev–Trinajstić information content (AvgIpc) is 2.66. The molecule has 9 heteroatoms. The van der Waals surface area contributed by atoms with Crippen molar-refractivity contribution in [3.63, 3.8) is 0 Å². The number of sulfonamides is 1. The molecule has 3 rings (SSSR count). The van der Waals surface area contributed by atoms with Crippen LogP contribution in [0.5, 0.6) is 5.75 Å². The number of amides is 1. The topological polar surface area (TPSA) is 111 Å². The number of carbonyl (C=O) groups excluding carboxylic acids is 1. The van der Waals surface area contributed by atoms with Crippen molar-refractivity contribution in [2.75, 3.05) is 12.4 Å². The Labute approximate surface area is 167 Å². The molecule has 3 aromatic rings. The van der Waals surface area contributed by atoms with Gasteiger partial charge in [-0.15, -0.1) is 0 Å². The van der Waals surface area contributed by atoms with Crippen LogP contribution in [0.2, 0.25) is 0 Å². The highest BCUT2D eigenvalue weighted by atomic mass is 32.2. The molecule has 0 radical (unpaired) electrons. The van der Waals surface area contributed by atoms with Gasteiger partial charge in [-0.25, -0.2) is 13.6 Å². The van der Waals surface area contributed by atoms with Crippen LogP contribution in [0.3, 0.4) is 0 Å². The second kappa shape index (κ2) is 7.93. The number of fused-ring (bicyclic) bond motifs is 1. The zero-order valence-corrected chi connectivity index (χ0v) is 16.4. The molecule has 0 saturated carbocycles. The number of hydrogen-bond acceptors (Lipinski definition) is 5. The minimum absolute atomic E-state index is 0.0195. The van der Waals surface area contributed by atoms with Gasteiger partial charge in [-0.1, -0.05) is 24.3 Å². The fourth-order valence-electron chi connectivity index (χ4n) is 2.63. The van der Waals surface area contributed by atoms with Crippen LogP contribution in [0.1, 0.15) is 10.4 Å². The minimum atomic E-state index is -3.77. The number of nitrogens with two attached hydrogens (primary N) is 1. The van der Waals surface area contributed by atoms with Crippen LogP contribution in [0.15, 0.2) is 65.6 Å². The Kier molecular flexibility index (Phi) is 5.59. The Bertz CT molecular complexity index is 1160. The highest BCUT2D eigenvalue weighted by molar-refractivity contribution is 7.89. The van der Waals surface area contributed by atoms with Gasteiger partial charge in [0.25, 0.3) is 5.91 Å². The monoisotopic (exact) mass is 415 g/mol. The largest absolute Gasteiger partial charge is 0.496 e. The summed E-state index contributed by atoms with van der Waals surface area (Å²) in [5.74, 6) is -0.00207. The van der Waals surface area contributed by atoms with Gasteiger partial charge in [-0.3, -0.25) is 10.1 Å². The minimum Gasteiger partial charge on any atom is -0.496 e. The second-order valence-electron chi connectivity index (χ2n) is 5.88. The van der Waals surface area contributed by atoms with Crippen molar-refractivity contribution in [2.45, 2.75) is 4.90 Å². The van der Waals surface area contributed by atoms with Crippen molar-refractivity contribution in [3.8, 4) is 5.75 Å². The second-order valence-corrected chi connectivity index (χ2v) is 7.85. The number of rotatable bonds is 4. The third kappa shape index (κ3) is 4.45. The fourth-order valence-corrected chi connectivity index (χ4v) is 3.35. The van der Waals surface area contributed by atoms with Gasteiger partial charge in [-0.2, -0.15) is 0 Å². The van der Waals surface area contributed by atoms with Crippen LogP contribution < -0.4 is 20.5 Å². The molecule has 0 heterocycles. The van der Waals surface area contributed by atoms with Crippen molar-refractivity contribution in [1.82, 2.24) is 5.32 Å². The van der Waals surface area contributed by atoms with E-state index in [1.165, 1.54) is 31.4 Å². The molecule has 144 valence electrons. The molecule has 7 nitrogen and oxygen atoms in total. The van der Waals surface area contributed by atoms with E-state index in [-0.39, 0.29) is 10.0 Å². The van der Waals surface area contributed by atoms with Crippen LogP contribution in [-0.4, -0.2) is 26.5 Å². The first-order chi connectivity index (χ1) is 13.3. The van der Waals surface area contributed by atoms with Gasteiger partial charge in [0.2, 0.25) is 10.0 Å². The maximum absolute atomic E-state index is 12.6. The number of anilines is 1. The van der Waals surface area contributed by atoms with Crippen molar-refractivity contribution < 1.29 is 17.9 Å². The zero-order chi connectivity index (χ0) is 20.3. The summed E-state index contributed by atoms with van der Waals surface area (Å²) in [5, 5.41) is 12.4. The normalized spacial score (nSPS) is 11.1. The molecular weight excluding hydrogens is 398 g/mol. The molecule has 1 amide bonds. The summed E-state index contributed by atoms with van der Waals surface area (Å²) in [6.07, 6.45) is 0. The molecule has 0 unspecified atom stereocenters. The van der Waals surface area contributed by atoms with Gasteiger partial charge in [0.05, 0.1) is 17.6 Å². The van der Waals surface area contributed by atoms with Crippen LogP contribution >= 0.6 is 12.2 Å². The van der Waals surface area contributed by atoms with E-state index in [4.69, 9.17) is 22.1 Å². The number of carbonyl (C=O) groups is 1. The summed E-state index contributed by atoms with van der Waals surface area (Å²) in [5.41, 5.74) is 0.845. The zero-order valence-electron chi connectivity index (χ0n) is 14.8. The number of nitrogens with one attached hydrogen (secondary N) is 2. The molecule has 0 aromatic heterocycles. The van der Waals surface area contributed by atoms with Crippen molar-refractivity contribution >= 4 is 49.7 Å². The van der Waals surface area contributed by atoms with Crippen molar-refractivity contribution in [2.24, 2.45) is 5.14 Å². The van der Waals surface area contributed by atoms with Gasteiger partial charge >= 0.3 is 0 Å². The van der Waals surface area contributed by atoms with E-state index in [0.717, 1.165) is 10.8 Å². The van der Waals surface area contributed by atoms with Gasteiger partial charge in [0.15, 0.2) is 5.11 Å². The first-order valence-electron chi connectivity index (χ1n) is 8.10. The van der Waals surface area contributed by atoms with Gasteiger partial charge < -0.3 is 10.1 Å². The summed E-state index contributed by atoms with van der Waals surface area (Å²) in [6, 6.07) is 16.8. The predicted molar refractivity (Wildman–Crippen MR) is 112 cm³/mol. The van der Waals surface area contributed by atoms with Crippen LogP contribution in [0.25, 0.3) is 10.8 Å². The number of thiocarbonyl (C=S) groups is 1. The number of ether oxygens (including phenoxy) is 1. The van der Waals surface area contributed by atoms with E-state index in [2.05, 4.69) is 10.6 Å². The van der Waals surface area contributed by atoms with Crippen molar-refractivity contribution in [3.05, 3.63) is 66.2 Å². The van der Waals surface area contributed by atoms with E-state index in [0.29, 0.717) is 17.0 Å². The average molecular weight is 415 g/mol. The standard InChI is InChI=1S/C19H17N3O4S2/c1-26-17-11-13-5-3-2-4-12(13)10-16(17)18(23)22-19(27)21-14-6-8-15(9-7-14)28(20,24)25/h2-11H,1H3,(H2,20,24,25)(H2,21,22,23,27). The molecule has 0 saturated heterocycles. The predicted octanol–water partition coefficient (Wildman–Crippen LogP) is 2.62. The first kappa shape index (κ1) is 19.7. The highest BCUT2D eigenvalue weighted by Crippen LogP contribution is 2.26. The van der Waals surface area contributed by atoms with Gasteiger partial charge in [-0.05, 0) is 59.4 Å². The van der Waals surface area contributed by atoms with Crippen LogP contribution in [0.4, 0.5) is 5.69 Å². The smallest absolute Gasteiger partial charge is 0.261 e. The molecule has 0 aliphatic carbocycles. The molecule has 28 heavy (non-hydrogen) atoms. The molecule has 0 spiro atoms. The molecule has 0 bridgehead atoms. The van der Waals surface area contributed by atoms with E-state index < -0.39 is 15.9 Å². The summed E-state index contributed by atoms with van der Waals surface area (Å²) in [6.45, 7) is 0. The number of methoxy groups -OCH3 is 1. The Balaban J connectivity index is 1.75. The summed E-state index contributed by atoms with van der Waals surface area (Å²) >= 11 is 5.17. The summed E-state index contributed by atoms with van der Waals surface area (Å²) < 4.78 is 27.9. The lowest BCUT2D eigenvalue weighted by Gasteiger charge is -2.13. The maximum Gasteiger partial charge on any atom is 0.261 e. The lowest BCUT2D eigenvalue weighted by atomic mass is 10.1. The number of primary sulfonamides is 1. The lowest BCUT2D eigenvalue weighted by Crippen LogP contribution is -2.34. The summed E-state index contributed by atoms with van der Waals surface area (Å²) in [4.78, 5) is 12.6. The maximum atomic E-state index is 12.6. The van der Waals surface area contributed by atoms with Gasteiger partial charge in [0, 0.05) is 5.69 Å². The highest BCUT2D eigenvalue weighted by Gasteiger charge is 2.15. The van der Waals surface area contributed by atoms with Crippen molar-refractivity contribution in [1.29, 1.82) is 0 Å². The molecular formula is C19H17N3O4S2. The van der Waals surface area contributed by atoms with E-state index in [1.54, 1.807) is 12.1 Å². The Morgan fingerprint density at radius 1 is 1.04 bits per heavy atom. The van der Waals surface area contributed by atoms with Crippen LogP contribution in [-0.2, 0) is 10.0 Å². The first-order valence-corrected chi connectivity index (χ1v) is 10.1. The quantitative estimate of drug-likeness (QED) is 0.565. The Morgan fingerprint density at radius 3 is 2.21 bits per heavy atom.